The molecule has 0 amide bonds. The lowest BCUT2D eigenvalue weighted by molar-refractivity contribution is 0.385. The second-order valence-electron chi connectivity index (χ2n) is 5.55. The van der Waals surface area contributed by atoms with Gasteiger partial charge in [-0.1, -0.05) is 25.8 Å². The SMILES string of the molecule is CCCCC(C#N)(Cn1ncnc1Cl)c1ccc(SC)cc1SC. The molecule has 128 valence electrons. The summed E-state index contributed by atoms with van der Waals surface area (Å²) in [6.45, 7) is 2.55. The monoisotopic (exact) mass is 380 g/mol. The van der Waals surface area contributed by atoms with Gasteiger partial charge in [-0.05, 0) is 48.2 Å². The summed E-state index contributed by atoms with van der Waals surface area (Å²) in [4.78, 5) is 6.31. The summed E-state index contributed by atoms with van der Waals surface area (Å²) in [6.07, 6.45) is 8.30. The molecule has 0 N–H and O–H groups in total. The Morgan fingerprint density at radius 1 is 1.33 bits per heavy atom. The molecular weight excluding hydrogens is 360 g/mol. The van der Waals surface area contributed by atoms with E-state index in [2.05, 4.69) is 47.5 Å². The van der Waals surface area contributed by atoms with Crippen LogP contribution >= 0.6 is 35.1 Å². The molecule has 24 heavy (non-hydrogen) atoms. The summed E-state index contributed by atoms with van der Waals surface area (Å²) in [5.74, 6) is 0. The van der Waals surface area contributed by atoms with Gasteiger partial charge in [-0.25, -0.2) is 9.67 Å². The smallest absolute Gasteiger partial charge is 0.220 e. The van der Waals surface area contributed by atoms with Crippen molar-refractivity contribution < 1.29 is 0 Å². The topological polar surface area (TPSA) is 54.5 Å². The first kappa shape index (κ1) is 19.2. The number of hydrogen-bond acceptors (Lipinski definition) is 5. The number of benzene rings is 1. The molecule has 1 unspecified atom stereocenters. The van der Waals surface area contributed by atoms with Crippen molar-refractivity contribution in [3.63, 3.8) is 0 Å². The van der Waals surface area contributed by atoms with Gasteiger partial charge < -0.3 is 0 Å². The number of nitriles is 1. The first-order chi connectivity index (χ1) is 11.6. The van der Waals surface area contributed by atoms with Crippen molar-refractivity contribution in [3.05, 3.63) is 35.4 Å². The Balaban J connectivity index is 2.53. The molecule has 0 bridgehead atoms. The van der Waals surface area contributed by atoms with Gasteiger partial charge in [-0.2, -0.15) is 10.4 Å². The zero-order valence-corrected chi connectivity index (χ0v) is 16.5. The molecule has 0 saturated heterocycles. The predicted molar refractivity (Wildman–Crippen MR) is 102 cm³/mol. The van der Waals surface area contributed by atoms with E-state index in [0.29, 0.717) is 11.8 Å². The quantitative estimate of drug-likeness (QED) is 0.601. The second-order valence-corrected chi connectivity index (χ2v) is 7.62. The van der Waals surface area contributed by atoms with Crippen LogP contribution in [-0.4, -0.2) is 27.3 Å². The van der Waals surface area contributed by atoms with E-state index < -0.39 is 5.41 Å². The first-order valence-electron chi connectivity index (χ1n) is 7.77. The lowest BCUT2D eigenvalue weighted by Gasteiger charge is -2.29. The third-order valence-electron chi connectivity index (χ3n) is 4.08. The van der Waals surface area contributed by atoms with Gasteiger partial charge in [0.1, 0.15) is 11.7 Å². The van der Waals surface area contributed by atoms with Gasteiger partial charge in [0.2, 0.25) is 5.28 Å². The lowest BCUT2D eigenvalue weighted by Crippen LogP contribution is -2.31. The summed E-state index contributed by atoms with van der Waals surface area (Å²) in [6, 6.07) is 8.90. The van der Waals surface area contributed by atoms with Crippen LogP contribution in [0.1, 0.15) is 31.7 Å². The van der Waals surface area contributed by atoms with Crippen LogP contribution in [0.2, 0.25) is 5.28 Å². The summed E-state index contributed by atoms with van der Waals surface area (Å²) >= 11 is 9.50. The Morgan fingerprint density at radius 2 is 2.12 bits per heavy atom. The Bertz CT molecular complexity index is 726. The number of aromatic nitrogens is 3. The van der Waals surface area contributed by atoms with Crippen molar-refractivity contribution in [3.8, 4) is 6.07 Å². The van der Waals surface area contributed by atoms with Crippen LogP contribution in [0.5, 0.6) is 0 Å². The summed E-state index contributed by atoms with van der Waals surface area (Å²) < 4.78 is 1.62. The molecule has 0 spiro atoms. The van der Waals surface area contributed by atoms with Crippen molar-refractivity contribution in [2.75, 3.05) is 12.5 Å². The predicted octanol–water partition coefficient (Wildman–Crippen LogP) is 5.03. The molecule has 0 radical (unpaired) electrons. The highest BCUT2D eigenvalue weighted by Gasteiger charge is 2.35. The van der Waals surface area contributed by atoms with Crippen molar-refractivity contribution in [2.24, 2.45) is 0 Å². The highest BCUT2D eigenvalue weighted by Crippen LogP contribution is 2.39. The Labute approximate surface area is 157 Å². The molecule has 2 rings (SSSR count). The molecule has 0 aliphatic carbocycles. The van der Waals surface area contributed by atoms with Gasteiger partial charge in [0.15, 0.2) is 0 Å². The molecule has 1 heterocycles. The van der Waals surface area contributed by atoms with Crippen molar-refractivity contribution in [2.45, 2.75) is 47.9 Å². The second kappa shape index (κ2) is 8.80. The first-order valence-corrected chi connectivity index (χ1v) is 10.6. The number of rotatable bonds is 8. The standard InChI is InChI=1S/C17H21ClN4S2/c1-4-5-8-17(10-19,11-22-16(18)20-12-21-22)14-7-6-13(23-2)9-15(14)24-3/h6-7,9,12H,4-5,8,11H2,1-3H3. The normalized spacial score (nSPS) is 13.5. The van der Waals surface area contributed by atoms with Crippen molar-refractivity contribution in [1.82, 2.24) is 14.8 Å². The molecule has 0 aliphatic heterocycles. The molecule has 1 aromatic carbocycles. The van der Waals surface area contributed by atoms with Gasteiger partial charge in [0.25, 0.3) is 0 Å². The molecule has 0 fully saturated rings. The number of nitrogens with zero attached hydrogens (tertiary/aromatic N) is 4. The fraction of sp³-hybridized carbons (Fsp3) is 0.471. The molecule has 0 saturated carbocycles. The average molecular weight is 381 g/mol. The number of thioether (sulfide) groups is 2. The maximum Gasteiger partial charge on any atom is 0.220 e. The lowest BCUT2D eigenvalue weighted by atomic mass is 9.77. The van der Waals surface area contributed by atoms with Crippen LogP contribution < -0.4 is 0 Å². The van der Waals surface area contributed by atoms with Crippen LogP contribution in [0, 0.1) is 11.3 Å². The minimum Gasteiger partial charge on any atom is -0.235 e. The third-order valence-corrected chi connectivity index (χ3v) is 5.88. The van der Waals surface area contributed by atoms with Gasteiger partial charge in [-0.15, -0.1) is 23.5 Å². The maximum absolute atomic E-state index is 10.1. The van der Waals surface area contributed by atoms with E-state index in [1.165, 1.54) is 11.2 Å². The van der Waals surface area contributed by atoms with E-state index >= 15 is 0 Å². The Hall–Kier alpha value is -1.16. The molecule has 2 aromatic rings. The molecule has 4 nitrogen and oxygen atoms in total. The van der Waals surface area contributed by atoms with Crippen LogP contribution in [0.3, 0.4) is 0 Å². The van der Waals surface area contributed by atoms with Crippen LogP contribution in [0.25, 0.3) is 0 Å². The fourth-order valence-electron chi connectivity index (χ4n) is 2.73. The van der Waals surface area contributed by atoms with E-state index in [0.717, 1.165) is 29.7 Å². The molecular formula is C17H21ClN4S2. The zero-order chi connectivity index (χ0) is 17.6. The molecule has 1 atom stereocenters. The van der Waals surface area contributed by atoms with Gasteiger partial charge in [0, 0.05) is 9.79 Å². The maximum atomic E-state index is 10.1. The minimum atomic E-state index is -0.664. The van der Waals surface area contributed by atoms with E-state index in [4.69, 9.17) is 11.6 Å². The fourth-order valence-corrected chi connectivity index (χ4v) is 4.12. The van der Waals surface area contributed by atoms with Gasteiger partial charge in [0.05, 0.1) is 12.6 Å². The van der Waals surface area contributed by atoms with Crippen LogP contribution in [0.15, 0.2) is 34.3 Å². The minimum absolute atomic E-state index is 0.317. The van der Waals surface area contributed by atoms with E-state index in [1.807, 2.05) is 6.26 Å². The largest absolute Gasteiger partial charge is 0.235 e. The highest BCUT2D eigenvalue weighted by atomic mass is 35.5. The summed E-state index contributed by atoms with van der Waals surface area (Å²) in [5, 5.41) is 14.6. The number of unbranched alkanes of at least 4 members (excludes halogenated alkanes) is 1. The van der Waals surface area contributed by atoms with E-state index in [1.54, 1.807) is 28.2 Å². The van der Waals surface area contributed by atoms with Crippen molar-refractivity contribution >= 4 is 35.1 Å². The Morgan fingerprint density at radius 3 is 2.67 bits per heavy atom. The molecule has 0 aliphatic rings. The van der Waals surface area contributed by atoms with E-state index in [9.17, 15) is 5.26 Å². The van der Waals surface area contributed by atoms with Crippen LogP contribution in [-0.2, 0) is 12.0 Å². The van der Waals surface area contributed by atoms with Gasteiger partial charge in [-0.3, -0.25) is 0 Å². The van der Waals surface area contributed by atoms with Gasteiger partial charge >= 0.3 is 0 Å². The number of hydrogen-bond donors (Lipinski definition) is 0. The number of halogens is 1. The highest BCUT2D eigenvalue weighted by molar-refractivity contribution is 7.99. The summed E-state index contributed by atoms with van der Waals surface area (Å²) in [5.41, 5.74) is 0.387. The average Bonchev–Trinajstić information content (AvgIpc) is 3.02. The van der Waals surface area contributed by atoms with Crippen molar-refractivity contribution in [1.29, 1.82) is 5.26 Å². The molecule has 1 aromatic heterocycles. The third kappa shape index (κ3) is 4.08. The van der Waals surface area contributed by atoms with E-state index in [-0.39, 0.29) is 0 Å². The van der Waals surface area contributed by atoms with Crippen LogP contribution in [0.4, 0.5) is 0 Å². The summed E-state index contributed by atoms with van der Waals surface area (Å²) in [7, 11) is 0. The zero-order valence-electron chi connectivity index (χ0n) is 14.1. The Kier molecular flexibility index (Phi) is 7.02. The molecule has 7 heteroatoms.